The van der Waals surface area contributed by atoms with Gasteiger partial charge in [0.15, 0.2) is 0 Å². The molecule has 1 heterocycles. The Kier molecular flexibility index (Phi) is 1.62. The Hall–Kier alpha value is -0.380. The highest BCUT2D eigenvalue weighted by atomic mass is 32.1. The Balaban J connectivity index is 2.34. The third-order valence-corrected chi connectivity index (χ3v) is 1.39. The van der Waals surface area contributed by atoms with Gasteiger partial charge < -0.3 is 10.6 Å². The summed E-state index contributed by atoms with van der Waals surface area (Å²) in [4.78, 5) is 10.4. The maximum atomic E-state index is 10.4. The molecule has 1 fully saturated rings. The molecular formula is C4H8N2OS. The molecule has 1 aliphatic rings. The molecule has 1 saturated heterocycles. The lowest BCUT2D eigenvalue weighted by atomic mass is 10.4. The molecule has 1 rings (SSSR count). The number of carbonyl (C=O) groups excluding carboxylic acids is 1. The summed E-state index contributed by atoms with van der Waals surface area (Å²) in [6.45, 7) is 0.736. The lowest BCUT2D eigenvalue weighted by Gasteiger charge is -2.18. The zero-order valence-electron chi connectivity index (χ0n) is 4.35. The third-order valence-electron chi connectivity index (χ3n) is 1.00. The largest absolute Gasteiger partial charge is 0.338 e. The second-order valence-electron chi connectivity index (χ2n) is 1.70. The number of hydrogen-bond donors (Lipinski definition) is 3. The van der Waals surface area contributed by atoms with Crippen molar-refractivity contribution in [3.05, 3.63) is 0 Å². The summed E-state index contributed by atoms with van der Waals surface area (Å²) in [6, 6.07) is -0.115. The number of hydrogen-bond acceptors (Lipinski definition) is 2. The average molecular weight is 132 g/mol. The topological polar surface area (TPSA) is 41.1 Å². The summed E-state index contributed by atoms with van der Waals surface area (Å²) in [5.74, 6) is 0. The van der Waals surface area contributed by atoms with E-state index in [2.05, 4.69) is 23.3 Å². The Morgan fingerprint density at radius 2 is 2.50 bits per heavy atom. The summed E-state index contributed by atoms with van der Waals surface area (Å²) in [5.41, 5.74) is 0. The summed E-state index contributed by atoms with van der Waals surface area (Å²) >= 11 is 4.05. The highest BCUT2D eigenvalue weighted by Crippen LogP contribution is 1.98. The number of amides is 2. The van der Waals surface area contributed by atoms with Crippen LogP contribution in [0.25, 0.3) is 0 Å². The van der Waals surface area contributed by atoms with Crippen LogP contribution in [0.15, 0.2) is 0 Å². The van der Waals surface area contributed by atoms with E-state index < -0.39 is 0 Å². The average Bonchev–Trinajstić information content (AvgIpc) is 1.64. The van der Waals surface area contributed by atoms with Crippen LogP contribution < -0.4 is 10.6 Å². The van der Waals surface area contributed by atoms with E-state index in [9.17, 15) is 4.79 Å². The monoisotopic (exact) mass is 132 g/mol. The maximum absolute atomic E-state index is 10.4. The fourth-order valence-electron chi connectivity index (χ4n) is 0.597. The predicted molar refractivity (Wildman–Crippen MR) is 33.9 cm³/mol. The standard InChI is InChI=1S/C4H8N2OS/c7-4-5-2-1-3(8)6-4/h3,8H,1-2H2,(H2,5,6,7). The van der Waals surface area contributed by atoms with E-state index in [4.69, 9.17) is 0 Å². The van der Waals surface area contributed by atoms with Gasteiger partial charge in [-0.3, -0.25) is 0 Å². The molecule has 2 N–H and O–H groups in total. The summed E-state index contributed by atoms with van der Waals surface area (Å²) in [7, 11) is 0. The summed E-state index contributed by atoms with van der Waals surface area (Å²) in [5, 5.41) is 5.25. The minimum Gasteiger partial charge on any atom is -0.338 e. The van der Waals surface area contributed by atoms with Crippen molar-refractivity contribution < 1.29 is 4.79 Å². The molecule has 0 aromatic rings. The fraction of sp³-hybridized carbons (Fsp3) is 0.750. The molecule has 46 valence electrons. The van der Waals surface area contributed by atoms with E-state index in [0.29, 0.717) is 0 Å². The molecule has 0 saturated carbocycles. The van der Waals surface area contributed by atoms with Gasteiger partial charge in [-0.05, 0) is 6.42 Å². The van der Waals surface area contributed by atoms with Gasteiger partial charge in [0.2, 0.25) is 0 Å². The van der Waals surface area contributed by atoms with E-state index in [1.54, 1.807) is 0 Å². The van der Waals surface area contributed by atoms with Crippen LogP contribution in [0, 0.1) is 0 Å². The molecule has 0 radical (unpaired) electrons. The van der Waals surface area contributed by atoms with Gasteiger partial charge in [-0.15, -0.1) is 0 Å². The smallest absolute Gasteiger partial charge is 0.315 e. The Labute approximate surface area is 53.2 Å². The molecule has 0 aromatic heterocycles. The molecule has 4 heteroatoms. The predicted octanol–water partition coefficient (Wildman–Crippen LogP) is -0.0548. The molecule has 1 atom stereocenters. The fourth-order valence-corrected chi connectivity index (χ4v) is 0.843. The molecule has 2 amide bonds. The Bertz CT molecular complexity index is 106. The van der Waals surface area contributed by atoms with Crippen LogP contribution in [0.5, 0.6) is 0 Å². The number of urea groups is 1. The molecule has 0 bridgehead atoms. The van der Waals surface area contributed by atoms with Crippen molar-refractivity contribution in [2.75, 3.05) is 6.54 Å². The molecule has 8 heavy (non-hydrogen) atoms. The van der Waals surface area contributed by atoms with Crippen LogP contribution in [0.3, 0.4) is 0 Å². The van der Waals surface area contributed by atoms with Gasteiger partial charge in [0.25, 0.3) is 0 Å². The molecule has 3 nitrogen and oxygen atoms in total. The van der Waals surface area contributed by atoms with Gasteiger partial charge in [0.05, 0.1) is 5.37 Å². The summed E-state index contributed by atoms with van der Waals surface area (Å²) < 4.78 is 0. The van der Waals surface area contributed by atoms with Crippen molar-refractivity contribution in [2.24, 2.45) is 0 Å². The highest BCUT2D eigenvalue weighted by Gasteiger charge is 2.11. The van der Waals surface area contributed by atoms with E-state index in [1.165, 1.54) is 0 Å². The molecular weight excluding hydrogens is 124 g/mol. The van der Waals surface area contributed by atoms with E-state index >= 15 is 0 Å². The minimum absolute atomic E-state index is 0.0451. The van der Waals surface area contributed by atoms with Crippen molar-refractivity contribution >= 4 is 18.7 Å². The number of thiol groups is 1. The first-order valence-corrected chi connectivity index (χ1v) is 3.03. The lowest BCUT2D eigenvalue weighted by molar-refractivity contribution is 0.235. The number of carbonyl (C=O) groups is 1. The van der Waals surface area contributed by atoms with E-state index in [-0.39, 0.29) is 11.4 Å². The third kappa shape index (κ3) is 1.30. The zero-order valence-corrected chi connectivity index (χ0v) is 5.24. The molecule has 0 aromatic carbocycles. The molecule has 1 aliphatic heterocycles. The lowest BCUT2D eigenvalue weighted by Crippen LogP contribution is -2.46. The second kappa shape index (κ2) is 2.26. The Morgan fingerprint density at radius 1 is 1.75 bits per heavy atom. The van der Waals surface area contributed by atoms with Crippen molar-refractivity contribution in [1.29, 1.82) is 0 Å². The number of nitrogens with one attached hydrogen (secondary N) is 2. The van der Waals surface area contributed by atoms with Crippen molar-refractivity contribution in [2.45, 2.75) is 11.8 Å². The first kappa shape index (κ1) is 5.75. The van der Waals surface area contributed by atoms with Crippen LogP contribution >= 0.6 is 12.6 Å². The Morgan fingerprint density at radius 3 is 2.88 bits per heavy atom. The van der Waals surface area contributed by atoms with Gasteiger partial charge in [-0.25, -0.2) is 4.79 Å². The van der Waals surface area contributed by atoms with E-state index in [1.807, 2.05) is 0 Å². The molecule has 0 spiro atoms. The summed E-state index contributed by atoms with van der Waals surface area (Å²) in [6.07, 6.45) is 0.898. The maximum Gasteiger partial charge on any atom is 0.315 e. The van der Waals surface area contributed by atoms with Crippen LogP contribution in [0.1, 0.15) is 6.42 Å². The van der Waals surface area contributed by atoms with Crippen LogP contribution in [-0.2, 0) is 0 Å². The first-order valence-electron chi connectivity index (χ1n) is 2.51. The van der Waals surface area contributed by atoms with Gasteiger partial charge >= 0.3 is 6.03 Å². The van der Waals surface area contributed by atoms with Crippen LogP contribution in [0.2, 0.25) is 0 Å². The van der Waals surface area contributed by atoms with Crippen LogP contribution in [-0.4, -0.2) is 17.9 Å². The second-order valence-corrected chi connectivity index (χ2v) is 2.33. The minimum atomic E-state index is -0.115. The van der Waals surface area contributed by atoms with Crippen LogP contribution in [0.4, 0.5) is 4.79 Å². The SMILES string of the molecule is O=C1NCCC(S)N1. The van der Waals surface area contributed by atoms with E-state index in [0.717, 1.165) is 13.0 Å². The molecule has 1 unspecified atom stereocenters. The van der Waals surface area contributed by atoms with Crippen molar-refractivity contribution in [1.82, 2.24) is 10.6 Å². The van der Waals surface area contributed by atoms with Gasteiger partial charge in [0.1, 0.15) is 0 Å². The zero-order chi connectivity index (χ0) is 5.98. The first-order chi connectivity index (χ1) is 3.79. The van der Waals surface area contributed by atoms with Gasteiger partial charge in [-0.2, -0.15) is 12.6 Å². The number of rotatable bonds is 0. The van der Waals surface area contributed by atoms with Crippen molar-refractivity contribution in [3.63, 3.8) is 0 Å². The quantitative estimate of drug-likeness (QED) is 0.397. The highest BCUT2D eigenvalue weighted by molar-refractivity contribution is 7.80. The van der Waals surface area contributed by atoms with Gasteiger partial charge in [-0.1, -0.05) is 0 Å². The molecule has 0 aliphatic carbocycles. The normalized spacial score (nSPS) is 28.6. The van der Waals surface area contributed by atoms with Crippen molar-refractivity contribution in [3.8, 4) is 0 Å². The van der Waals surface area contributed by atoms with Gasteiger partial charge in [0, 0.05) is 6.54 Å².